The Labute approximate surface area is 180 Å². The molecule has 30 heavy (non-hydrogen) atoms. The number of nitrogens with one attached hydrogen (secondary N) is 2. The summed E-state index contributed by atoms with van der Waals surface area (Å²) in [6, 6.07) is 3.72. The van der Waals surface area contributed by atoms with Crippen molar-refractivity contribution in [1.82, 2.24) is 15.3 Å². The van der Waals surface area contributed by atoms with Gasteiger partial charge in [-0.25, -0.2) is 4.98 Å². The highest BCUT2D eigenvalue weighted by atomic mass is 32.1. The monoisotopic (exact) mass is 427 g/mol. The zero-order valence-corrected chi connectivity index (χ0v) is 18.9. The minimum absolute atomic E-state index is 0.0758. The molecule has 0 bridgehead atoms. The van der Waals surface area contributed by atoms with Gasteiger partial charge >= 0.3 is 0 Å². The van der Waals surface area contributed by atoms with E-state index in [2.05, 4.69) is 36.1 Å². The maximum Gasteiger partial charge on any atom is 0.259 e. The fraction of sp³-hybridized carbons (Fsp3) is 0.522. The van der Waals surface area contributed by atoms with Crippen molar-refractivity contribution in [3.8, 4) is 0 Å². The second-order valence-corrected chi connectivity index (χ2v) is 10.4. The van der Waals surface area contributed by atoms with Crippen molar-refractivity contribution in [2.24, 2.45) is 11.3 Å². The molecule has 160 valence electrons. The highest BCUT2D eigenvalue weighted by molar-refractivity contribution is 7.18. The molecule has 2 N–H and O–H groups in total. The van der Waals surface area contributed by atoms with Crippen LogP contribution < -0.4 is 10.9 Å². The Hall–Kier alpha value is -2.41. The Balaban J connectivity index is 1.44. The fourth-order valence-electron chi connectivity index (χ4n) is 4.17. The van der Waals surface area contributed by atoms with E-state index in [-0.39, 0.29) is 23.3 Å². The number of amides is 1. The van der Waals surface area contributed by atoms with Gasteiger partial charge in [-0.05, 0) is 55.2 Å². The lowest BCUT2D eigenvalue weighted by Crippen LogP contribution is -2.26. The molecule has 1 atom stereocenters. The Bertz CT molecular complexity index is 1130. The van der Waals surface area contributed by atoms with Crippen LogP contribution in [0.3, 0.4) is 0 Å². The molecule has 0 fully saturated rings. The van der Waals surface area contributed by atoms with Crippen LogP contribution in [-0.4, -0.2) is 15.9 Å². The Morgan fingerprint density at radius 2 is 2.17 bits per heavy atom. The van der Waals surface area contributed by atoms with Crippen LogP contribution in [0.2, 0.25) is 0 Å². The van der Waals surface area contributed by atoms with Crippen LogP contribution >= 0.6 is 11.3 Å². The molecule has 1 amide bonds. The van der Waals surface area contributed by atoms with Gasteiger partial charge in [-0.3, -0.25) is 9.59 Å². The van der Waals surface area contributed by atoms with Gasteiger partial charge in [0.15, 0.2) is 0 Å². The Morgan fingerprint density at radius 3 is 2.87 bits per heavy atom. The number of aryl methyl sites for hydroxylation is 3. The van der Waals surface area contributed by atoms with E-state index in [1.165, 1.54) is 10.4 Å². The second kappa shape index (κ2) is 8.02. The molecule has 4 rings (SSSR count). The van der Waals surface area contributed by atoms with Crippen molar-refractivity contribution < 1.29 is 9.21 Å². The number of thiophene rings is 1. The topological polar surface area (TPSA) is 88.0 Å². The van der Waals surface area contributed by atoms with Gasteiger partial charge in [-0.15, -0.1) is 11.3 Å². The van der Waals surface area contributed by atoms with Crippen LogP contribution in [0.15, 0.2) is 21.3 Å². The van der Waals surface area contributed by atoms with Crippen LogP contribution in [0.4, 0.5) is 0 Å². The van der Waals surface area contributed by atoms with E-state index in [0.717, 1.165) is 41.0 Å². The van der Waals surface area contributed by atoms with Gasteiger partial charge in [0, 0.05) is 17.7 Å². The third-order valence-corrected chi connectivity index (χ3v) is 7.19. The van der Waals surface area contributed by atoms with Crippen LogP contribution in [-0.2, 0) is 30.6 Å². The number of nitrogens with zero attached hydrogens (tertiary/aromatic N) is 1. The summed E-state index contributed by atoms with van der Waals surface area (Å²) in [6.07, 6.45) is 3.74. The smallest absolute Gasteiger partial charge is 0.259 e. The third-order valence-electron chi connectivity index (χ3n) is 6.04. The van der Waals surface area contributed by atoms with Crippen molar-refractivity contribution in [3.05, 3.63) is 50.3 Å². The first kappa shape index (κ1) is 20.8. The number of H-pyrrole nitrogens is 1. The molecule has 0 aliphatic heterocycles. The summed E-state index contributed by atoms with van der Waals surface area (Å²) in [5.74, 6) is 2.65. The van der Waals surface area contributed by atoms with Crippen molar-refractivity contribution >= 4 is 27.5 Å². The number of aromatic amines is 1. The molecule has 3 aromatic rings. The summed E-state index contributed by atoms with van der Waals surface area (Å²) < 4.78 is 5.46. The summed E-state index contributed by atoms with van der Waals surface area (Å²) in [4.78, 5) is 34.6. The van der Waals surface area contributed by atoms with Gasteiger partial charge in [-0.2, -0.15) is 0 Å². The number of furan rings is 1. The first-order chi connectivity index (χ1) is 14.2. The van der Waals surface area contributed by atoms with Crippen molar-refractivity contribution in [2.75, 3.05) is 0 Å². The Morgan fingerprint density at radius 1 is 1.37 bits per heavy atom. The molecule has 0 saturated carbocycles. The van der Waals surface area contributed by atoms with Crippen molar-refractivity contribution in [3.63, 3.8) is 0 Å². The molecule has 6 nitrogen and oxygen atoms in total. The molecular weight excluding hydrogens is 398 g/mol. The van der Waals surface area contributed by atoms with Crippen molar-refractivity contribution in [1.29, 1.82) is 0 Å². The average molecular weight is 428 g/mol. The first-order valence-corrected chi connectivity index (χ1v) is 11.4. The number of hydrogen-bond acceptors (Lipinski definition) is 5. The highest BCUT2D eigenvalue weighted by Crippen LogP contribution is 2.41. The third kappa shape index (κ3) is 4.36. The van der Waals surface area contributed by atoms with Gasteiger partial charge in [0.25, 0.3) is 5.56 Å². The van der Waals surface area contributed by atoms with Crippen LogP contribution in [0.1, 0.15) is 61.4 Å². The lowest BCUT2D eigenvalue weighted by Gasteiger charge is -2.33. The summed E-state index contributed by atoms with van der Waals surface area (Å²) in [7, 11) is 0. The second-order valence-electron chi connectivity index (χ2n) is 9.29. The van der Waals surface area contributed by atoms with Gasteiger partial charge in [0.1, 0.15) is 22.2 Å². The predicted octanol–water partition coefficient (Wildman–Crippen LogP) is 4.29. The highest BCUT2D eigenvalue weighted by Gasteiger charge is 2.31. The standard InChI is InChI=1S/C23H29N3O3S/c1-13-5-7-15(29-13)12-24-19(27)10-9-18-25-21(28)20-16-8-6-14(23(2,3)4)11-17(16)30-22(20)26-18/h5,7,14H,6,8-12H2,1-4H3,(H,24,27)(H,25,26,28)/t14-/m1/s1. The number of aromatic nitrogens is 2. The lowest BCUT2D eigenvalue weighted by atomic mass is 9.72. The fourth-order valence-corrected chi connectivity index (χ4v) is 5.49. The first-order valence-electron chi connectivity index (χ1n) is 10.6. The zero-order chi connectivity index (χ0) is 21.5. The molecule has 7 heteroatoms. The van der Waals surface area contributed by atoms with Crippen LogP contribution in [0, 0.1) is 18.3 Å². The normalized spacial score (nSPS) is 16.6. The van der Waals surface area contributed by atoms with E-state index in [4.69, 9.17) is 4.42 Å². The molecule has 0 unspecified atom stereocenters. The SMILES string of the molecule is Cc1ccc(CNC(=O)CCc2nc3sc4c(c3c(=O)[nH]2)CC[C@@H](C(C)(C)C)C4)o1. The van der Waals surface area contributed by atoms with E-state index >= 15 is 0 Å². The zero-order valence-electron chi connectivity index (χ0n) is 18.1. The van der Waals surface area contributed by atoms with Gasteiger partial charge < -0.3 is 14.7 Å². The lowest BCUT2D eigenvalue weighted by molar-refractivity contribution is -0.121. The molecule has 3 heterocycles. The molecule has 0 spiro atoms. The largest absolute Gasteiger partial charge is 0.465 e. The number of carbonyl (C=O) groups is 1. The van der Waals surface area contributed by atoms with Gasteiger partial charge in [0.05, 0.1) is 11.9 Å². The molecule has 3 aromatic heterocycles. The van der Waals surface area contributed by atoms with Crippen LogP contribution in [0.5, 0.6) is 0 Å². The minimum Gasteiger partial charge on any atom is -0.465 e. The van der Waals surface area contributed by atoms with E-state index in [1.54, 1.807) is 11.3 Å². The van der Waals surface area contributed by atoms with E-state index in [1.807, 2.05) is 19.1 Å². The summed E-state index contributed by atoms with van der Waals surface area (Å²) in [5, 5.41) is 3.60. The number of rotatable bonds is 5. The number of carbonyl (C=O) groups excluding carboxylic acids is 1. The number of hydrogen-bond donors (Lipinski definition) is 2. The van der Waals surface area contributed by atoms with Crippen molar-refractivity contribution in [2.45, 2.75) is 66.3 Å². The molecule has 0 saturated heterocycles. The Kier molecular flexibility index (Phi) is 5.57. The quantitative estimate of drug-likeness (QED) is 0.636. The average Bonchev–Trinajstić information content (AvgIpc) is 3.26. The molecule has 0 aromatic carbocycles. The maximum atomic E-state index is 12.8. The van der Waals surface area contributed by atoms with E-state index in [9.17, 15) is 9.59 Å². The predicted molar refractivity (Wildman–Crippen MR) is 119 cm³/mol. The van der Waals surface area contributed by atoms with Gasteiger partial charge in [0.2, 0.25) is 5.91 Å². The van der Waals surface area contributed by atoms with E-state index < -0.39 is 0 Å². The summed E-state index contributed by atoms with van der Waals surface area (Å²) >= 11 is 1.65. The minimum atomic E-state index is -0.0923. The van der Waals surface area contributed by atoms with Crippen LogP contribution in [0.25, 0.3) is 10.2 Å². The van der Waals surface area contributed by atoms with E-state index in [0.29, 0.717) is 24.7 Å². The maximum absolute atomic E-state index is 12.8. The molecule has 1 aliphatic carbocycles. The van der Waals surface area contributed by atoms with Gasteiger partial charge in [-0.1, -0.05) is 20.8 Å². The summed E-state index contributed by atoms with van der Waals surface area (Å²) in [6.45, 7) is 9.10. The molecule has 1 aliphatic rings. The molecule has 0 radical (unpaired) electrons. The number of fused-ring (bicyclic) bond motifs is 3. The summed E-state index contributed by atoms with van der Waals surface area (Å²) in [5.41, 5.74) is 1.37. The molecular formula is C23H29N3O3S.